The monoisotopic (exact) mass is 246 g/mol. The second kappa shape index (κ2) is 4.94. The van der Waals surface area contributed by atoms with Crippen LogP contribution in [0.15, 0.2) is 33.9 Å². The third-order valence-corrected chi connectivity index (χ3v) is 1.50. The van der Waals surface area contributed by atoms with Crippen LogP contribution < -0.4 is 5.43 Å². The zero-order valence-corrected chi connectivity index (χ0v) is 7.75. The molecule has 0 amide bonds. The maximum atomic E-state index is 10.7. The van der Waals surface area contributed by atoms with Gasteiger partial charge in [-0.2, -0.15) is 21.6 Å². The van der Waals surface area contributed by atoms with Crippen LogP contribution in [0.25, 0.3) is 0 Å². The molecule has 15 heavy (non-hydrogen) atoms. The van der Waals surface area contributed by atoms with Gasteiger partial charge in [0.15, 0.2) is 5.43 Å². The summed E-state index contributed by atoms with van der Waals surface area (Å²) in [6.07, 6.45) is 2.70. The van der Waals surface area contributed by atoms with Gasteiger partial charge in [-0.15, -0.1) is 0 Å². The van der Waals surface area contributed by atoms with Gasteiger partial charge >= 0.3 is 15.6 Å². The van der Waals surface area contributed by atoms with Crippen molar-refractivity contribution in [2.24, 2.45) is 0 Å². The first-order valence-electron chi connectivity index (χ1n) is 3.21. The van der Waals surface area contributed by atoms with E-state index in [4.69, 9.17) is 13.0 Å². The van der Waals surface area contributed by atoms with E-state index in [1.54, 1.807) is 0 Å². The van der Waals surface area contributed by atoms with Crippen LogP contribution in [0, 0.1) is 0 Å². The lowest BCUT2D eigenvalue weighted by atomic mass is 10.5. The molecule has 0 radical (unpaired) electrons. The van der Waals surface area contributed by atoms with E-state index >= 15 is 0 Å². The molecule has 0 unspecified atom stereocenters. The van der Waals surface area contributed by atoms with E-state index in [0.717, 1.165) is 0 Å². The summed E-state index contributed by atoms with van der Waals surface area (Å²) in [4.78, 5) is 10.2. The van der Waals surface area contributed by atoms with Crippen molar-refractivity contribution in [1.29, 1.82) is 0 Å². The van der Waals surface area contributed by atoms with Crippen molar-refractivity contribution in [1.82, 2.24) is 0 Å². The minimum absolute atomic E-state index is 0.0220. The predicted octanol–water partition coefficient (Wildman–Crippen LogP) is 1.03. The topological polar surface area (TPSA) is 84.6 Å². The van der Waals surface area contributed by atoms with E-state index in [9.17, 15) is 18.0 Å². The molecule has 0 aliphatic heterocycles. The standard InChI is InChI=1S/C5H4O2.CHF3O3S/c6-5-1-3-7-4-2-5;2-1(3,4)8(5,6)7/h1-4H;(H,5,6,7). The molecule has 1 aromatic heterocycles. The van der Waals surface area contributed by atoms with Crippen molar-refractivity contribution in [3.8, 4) is 0 Å². The Labute approximate surface area is 81.9 Å². The molecule has 0 aromatic carbocycles. The molecule has 0 saturated heterocycles. The number of rotatable bonds is 0. The zero-order chi connectivity index (χ0) is 12.1. The van der Waals surface area contributed by atoms with E-state index in [0.29, 0.717) is 0 Å². The smallest absolute Gasteiger partial charge is 0.472 e. The quantitative estimate of drug-likeness (QED) is 0.546. The summed E-state index contributed by atoms with van der Waals surface area (Å²) in [5, 5.41) is 0. The van der Waals surface area contributed by atoms with Gasteiger partial charge in [0.25, 0.3) is 0 Å². The van der Waals surface area contributed by atoms with Crippen molar-refractivity contribution in [3.63, 3.8) is 0 Å². The first-order chi connectivity index (χ1) is 6.64. The highest BCUT2D eigenvalue weighted by Gasteiger charge is 2.44. The fourth-order valence-electron chi connectivity index (χ4n) is 0.314. The van der Waals surface area contributed by atoms with Crippen molar-refractivity contribution in [2.75, 3.05) is 0 Å². The Bertz CT molecular complexity index is 429. The van der Waals surface area contributed by atoms with E-state index in [-0.39, 0.29) is 5.43 Å². The molecule has 0 saturated carbocycles. The molecule has 0 atom stereocenters. The average Bonchev–Trinajstić information content (AvgIpc) is 2.02. The summed E-state index contributed by atoms with van der Waals surface area (Å²) in [6.45, 7) is 0. The van der Waals surface area contributed by atoms with Crippen molar-refractivity contribution < 1.29 is 30.6 Å². The second-order valence-electron chi connectivity index (χ2n) is 2.06. The number of halogens is 3. The lowest BCUT2D eigenvalue weighted by Gasteiger charge is -1.97. The maximum absolute atomic E-state index is 10.7. The molecule has 0 spiro atoms. The lowest BCUT2D eigenvalue weighted by Crippen LogP contribution is -2.21. The fraction of sp³-hybridized carbons (Fsp3) is 0.167. The molecule has 1 aromatic rings. The summed E-state index contributed by atoms with van der Waals surface area (Å²) < 4.78 is 62.1. The first kappa shape index (κ1) is 13.7. The Balaban J connectivity index is 0.000000262. The summed E-state index contributed by atoms with van der Waals surface area (Å²) in [5.41, 5.74) is -5.56. The molecule has 1 rings (SSSR count). The predicted molar refractivity (Wildman–Crippen MR) is 42.6 cm³/mol. The van der Waals surface area contributed by atoms with E-state index in [1.807, 2.05) is 0 Å². The minimum Gasteiger partial charge on any atom is -0.472 e. The molecule has 5 nitrogen and oxygen atoms in total. The Morgan fingerprint density at radius 3 is 1.67 bits per heavy atom. The highest BCUT2D eigenvalue weighted by molar-refractivity contribution is 7.86. The highest BCUT2D eigenvalue weighted by Crippen LogP contribution is 2.20. The third kappa shape index (κ3) is 5.86. The highest BCUT2D eigenvalue weighted by atomic mass is 32.2. The van der Waals surface area contributed by atoms with Gasteiger partial charge in [0, 0.05) is 12.1 Å². The molecule has 1 heterocycles. The second-order valence-corrected chi connectivity index (χ2v) is 3.48. The van der Waals surface area contributed by atoms with Crippen LogP contribution in [-0.4, -0.2) is 18.5 Å². The number of alkyl halides is 3. The van der Waals surface area contributed by atoms with Gasteiger partial charge in [-0.25, -0.2) is 0 Å². The van der Waals surface area contributed by atoms with Crippen molar-refractivity contribution in [2.45, 2.75) is 5.51 Å². The van der Waals surface area contributed by atoms with Crippen molar-refractivity contribution >= 4 is 10.1 Å². The average molecular weight is 246 g/mol. The van der Waals surface area contributed by atoms with Gasteiger partial charge in [0.2, 0.25) is 0 Å². The van der Waals surface area contributed by atoms with Gasteiger partial charge in [0.05, 0.1) is 12.5 Å². The molecule has 9 heteroatoms. The van der Waals surface area contributed by atoms with Gasteiger partial charge in [0.1, 0.15) is 0 Å². The van der Waals surface area contributed by atoms with E-state index in [1.165, 1.54) is 24.7 Å². The summed E-state index contributed by atoms with van der Waals surface area (Å²) in [6, 6.07) is 2.72. The molecule has 1 N–H and O–H groups in total. The van der Waals surface area contributed by atoms with Gasteiger partial charge < -0.3 is 4.42 Å². The van der Waals surface area contributed by atoms with Crippen LogP contribution in [0.1, 0.15) is 0 Å². The maximum Gasteiger partial charge on any atom is 0.522 e. The molecule has 0 aliphatic carbocycles. The first-order valence-corrected chi connectivity index (χ1v) is 4.65. The molecule has 0 fully saturated rings. The lowest BCUT2D eigenvalue weighted by molar-refractivity contribution is -0.0510. The Morgan fingerprint density at radius 1 is 1.20 bits per heavy atom. The van der Waals surface area contributed by atoms with Crippen LogP contribution in [0.5, 0.6) is 0 Å². The van der Waals surface area contributed by atoms with Gasteiger partial charge in [-0.1, -0.05) is 0 Å². The minimum atomic E-state index is -5.84. The zero-order valence-electron chi connectivity index (χ0n) is 6.93. The third-order valence-electron chi connectivity index (χ3n) is 0.914. The van der Waals surface area contributed by atoms with Crippen LogP contribution >= 0.6 is 0 Å². The Morgan fingerprint density at radius 2 is 1.53 bits per heavy atom. The van der Waals surface area contributed by atoms with E-state index in [2.05, 4.69) is 4.42 Å². The van der Waals surface area contributed by atoms with Crippen molar-refractivity contribution in [3.05, 3.63) is 34.9 Å². The molecular weight excluding hydrogens is 241 g/mol. The summed E-state index contributed by atoms with van der Waals surface area (Å²) in [5.74, 6) is 0. The summed E-state index contributed by atoms with van der Waals surface area (Å²) in [7, 11) is -5.84. The number of hydrogen-bond donors (Lipinski definition) is 1. The van der Waals surface area contributed by atoms with Gasteiger partial charge in [-0.05, 0) is 0 Å². The molecule has 0 bridgehead atoms. The SMILES string of the molecule is O=S(=O)(O)C(F)(F)F.O=c1ccocc1. The van der Waals surface area contributed by atoms with E-state index < -0.39 is 15.6 Å². The number of hydrogen-bond acceptors (Lipinski definition) is 4. The van der Waals surface area contributed by atoms with Crippen LogP contribution in [0.2, 0.25) is 0 Å². The molecule has 86 valence electrons. The van der Waals surface area contributed by atoms with Crippen LogP contribution in [0.4, 0.5) is 13.2 Å². The summed E-state index contributed by atoms with van der Waals surface area (Å²) >= 11 is 0. The Hall–Kier alpha value is -1.35. The van der Waals surface area contributed by atoms with Crippen LogP contribution in [0.3, 0.4) is 0 Å². The molecular formula is C6H5F3O5S. The molecule has 0 aliphatic rings. The normalized spacial score (nSPS) is 11.5. The largest absolute Gasteiger partial charge is 0.522 e. The van der Waals surface area contributed by atoms with Crippen LogP contribution in [-0.2, 0) is 10.1 Å². The fourth-order valence-corrected chi connectivity index (χ4v) is 0.314. The Kier molecular flexibility index (Phi) is 4.49. The van der Waals surface area contributed by atoms with Gasteiger partial charge in [-0.3, -0.25) is 9.35 Å².